The van der Waals surface area contributed by atoms with Crippen molar-refractivity contribution in [2.45, 2.75) is 13.8 Å². The fourth-order valence-corrected chi connectivity index (χ4v) is 1.49. The molecular formula is C6H11N3S. The van der Waals surface area contributed by atoms with Crippen molar-refractivity contribution < 1.29 is 0 Å². The molecule has 0 N–H and O–H groups in total. The van der Waals surface area contributed by atoms with Crippen molar-refractivity contribution in [3.8, 4) is 0 Å². The molecule has 56 valence electrons. The molecule has 0 fully saturated rings. The van der Waals surface area contributed by atoms with Gasteiger partial charge in [-0.3, -0.25) is 0 Å². The zero-order valence-electron chi connectivity index (χ0n) is 6.24. The summed E-state index contributed by atoms with van der Waals surface area (Å²) in [6, 6.07) is 0. The Labute approximate surface area is 64.7 Å². The average Bonchev–Trinajstić information content (AvgIpc) is 2.43. The van der Waals surface area contributed by atoms with Gasteiger partial charge in [-0.05, 0) is 13.8 Å². The molecule has 3 nitrogen and oxygen atoms in total. The number of rotatable bonds is 3. The van der Waals surface area contributed by atoms with E-state index in [4.69, 9.17) is 0 Å². The van der Waals surface area contributed by atoms with E-state index in [1.54, 1.807) is 16.8 Å². The van der Waals surface area contributed by atoms with Gasteiger partial charge in [0.25, 0.3) is 0 Å². The molecule has 1 rings (SSSR count). The maximum absolute atomic E-state index is 3.95. The third-order valence-electron chi connectivity index (χ3n) is 1.38. The van der Waals surface area contributed by atoms with Gasteiger partial charge >= 0.3 is 0 Å². The molecule has 1 aromatic heterocycles. The summed E-state index contributed by atoms with van der Waals surface area (Å²) in [5.41, 5.74) is 1.76. The first-order valence-corrected chi connectivity index (χ1v) is 4.27. The van der Waals surface area contributed by atoms with Gasteiger partial charge < -0.3 is 4.90 Å². The van der Waals surface area contributed by atoms with Crippen molar-refractivity contribution in [1.82, 2.24) is 10.2 Å². The molecule has 0 bridgehead atoms. The smallest absolute Gasteiger partial charge is 0.207 e. The first-order valence-electron chi connectivity index (χ1n) is 3.39. The first kappa shape index (κ1) is 7.47. The summed E-state index contributed by atoms with van der Waals surface area (Å²) in [6.07, 6.45) is 0. The number of hydrogen-bond acceptors (Lipinski definition) is 4. The molecule has 0 unspecified atom stereocenters. The van der Waals surface area contributed by atoms with Gasteiger partial charge in [0.05, 0.1) is 0 Å². The van der Waals surface area contributed by atoms with Crippen LogP contribution >= 0.6 is 11.3 Å². The maximum Gasteiger partial charge on any atom is 0.207 e. The van der Waals surface area contributed by atoms with Crippen molar-refractivity contribution in [2.24, 2.45) is 0 Å². The molecule has 0 aromatic carbocycles. The molecule has 0 radical (unpaired) electrons. The highest BCUT2D eigenvalue weighted by Crippen LogP contribution is 2.13. The lowest BCUT2D eigenvalue weighted by Crippen LogP contribution is -2.21. The summed E-state index contributed by atoms with van der Waals surface area (Å²) in [4.78, 5) is 2.18. The van der Waals surface area contributed by atoms with Crippen molar-refractivity contribution in [1.29, 1.82) is 0 Å². The van der Waals surface area contributed by atoms with Crippen LogP contribution in [-0.2, 0) is 0 Å². The van der Waals surface area contributed by atoms with E-state index in [-0.39, 0.29) is 0 Å². The van der Waals surface area contributed by atoms with Gasteiger partial charge in [0, 0.05) is 13.1 Å². The molecule has 0 aliphatic rings. The predicted octanol–water partition coefficient (Wildman–Crippen LogP) is 1.38. The van der Waals surface area contributed by atoms with E-state index < -0.39 is 0 Å². The van der Waals surface area contributed by atoms with Gasteiger partial charge in [-0.15, -0.1) is 10.2 Å². The summed E-state index contributed by atoms with van der Waals surface area (Å²) in [6.45, 7) is 6.24. The van der Waals surface area contributed by atoms with Crippen LogP contribution in [0.5, 0.6) is 0 Å². The number of nitrogens with zero attached hydrogens (tertiary/aromatic N) is 3. The molecule has 0 spiro atoms. The third-order valence-corrected chi connectivity index (χ3v) is 2.13. The van der Waals surface area contributed by atoms with Gasteiger partial charge in [-0.2, -0.15) is 0 Å². The van der Waals surface area contributed by atoms with E-state index in [1.165, 1.54) is 0 Å². The van der Waals surface area contributed by atoms with E-state index >= 15 is 0 Å². The minimum atomic E-state index is 1.01. The van der Waals surface area contributed by atoms with E-state index in [1.807, 2.05) is 0 Å². The Morgan fingerprint density at radius 3 is 2.60 bits per heavy atom. The van der Waals surface area contributed by atoms with E-state index in [9.17, 15) is 0 Å². The van der Waals surface area contributed by atoms with Gasteiger partial charge in [-0.25, -0.2) is 0 Å². The topological polar surface area (TPSA) is 29.0 Å². The largest absolute Gasteiger partial charge is 0.347 e. The number of anilines is 1. The molecule has 0 atom stereocenters. The molecular weight excluding hydrogens is 146 g/mol. The number of aromatic nitrogens is 2. The highest BCUT2D eigenvalue weighted by molar-refractivity contribution is 7.13. The van der Waals surface area contributed by atoms with Crippen LogP contribution < -0.4 is 4.90 Å². The van der Waals surface area contributed by atoms with Gasteiger partial charge in [0.2, 0.25) is 5.13 Å². The molecule has 0 amide bonds. The standard InChI is InChI=1S/C6H11N3S/c1-3-9(4-2)6-8-7-5-10-6/h5H,3-4H2,1-2H3. The first-order chi connectivity index (χ1) is 4.88. The van der Waals surface area contributed by atoms with Crippen LogP contribution in [0, 0.1) is 0 Å². The summed E-state index contributed by atoms with van der Waals surface area (Å²) in [7, 11) is 0. The minimum Gasteiger partial charge on any atom is -0.347 e. The van der Waals surface area contributed by atoms with Crippen molar-refractivity contribution in [3.63, 3.8) is 0 Å². The van der Waals surface area contributed by atoms with Crippen molar-refractivity contribution in [2.75, 3.05) is 18.0 Å². The molecule has 0 aliphatic heterocycles. The number of hydrogen-bond donors (Lipinski definition) is 0. The molecule has 0 saturated heterocycles. The quantitative estimate of drug-likeness (QED) is 0.664. The lowest BCUT2D eigenvalue weighted by Gasteiger charge is -2.15. The molecule has 1 aromatic rings. The van der Waals surface area contributed by atoms with Crippen LogP contribution in [0.15, 0.2) is 5.51 Å². The molecule has 1 heterocycles. The third kappa shape index (κ3) is 1.44. The Morgan fingerprint density at radius 2 is 2.20 bits per heavy atom. The zero-order valence-corrected chi connectivity index (χ0v) is 7.06. The van der Waals surface area contributed by atoms with E-state index in [0.717, 1.165) is 18.2 Å². The normalized spacial score (nSPS) is 9.80. The Morgan fingerprint density at radius 1 is 1.50 bits per heavy atom. The van der Waals surface area contributed by atoms with Crippen molar-refractivity contribution in [3.05, 3.63) is 5.51 Å². The maximum atomic E-state index is 3.95. The van der Waals surface area contributed by atoms with Crippen LogP contribution in [0.25, 0.3) is 0 Å². The second-order valence-corrected chi connectivity index (χ2v) is 2.71. The Hall–Kier alpha value is -0.640. The molecule has 0 aliphatic carbocycles. The van der Waals surface area contributed by atoms with Crippen LogP contribution in [0.3, 0.4) is 0 Å². The zero-order chi connectivity index (χ0) is 7.40. The van der Waals surface area contributed by atoms with Crippen LogP contribution in [0.4, 0.5) is 5.13 Å². The lowest BCUT2D eigenvalue weighted by atomic mass is 10.6. The average molecular weight is 157 g/mol. The van der Waals surface area contributed by atoms with Crippen LogP contribution in [0.2, 0.25) is 0 Å². The second-order valence-electron chi connectivity index (χ2n) is 1.89. The van der Waals surface area contributed by atoms with Crippen LogP contribution in [-0.4, -0.2) is 23.3 Å². The summed E-state index contributed by atoms with van der Waals surface area (Å²) in [5.74, 6) is 0. The Balaban J connectivity index is 2.64. The second kappa shape index (κ2) is 3.51. The highest BCUT2D eigenvalue weighted by Gasteiger charge is 2.02. The van der Waals surface area contributed by atoms with Gasteiger partial charge in [-0.1, -0.05) is 11.3 Å². The van der Waals surface area contributed by atoms with Gasteiger partial charge in [0.15, 0.2) is 0 Å². The lowest BCUT2D eigenvalue weighted by molar-refractivity contribution is 0.846. The minimum absolute atomic E-state index is 1.01. The van der Waals surface area contributed by atoms with Crippen molar-refractivity contribution >= 4 is 16.5 Å². The predicted molar refractivity (Wildman–Crippen MR) is 43.5 cm³/mol. The highest BCUT2D eigenvalue weighted by atomic mass is 32.1. The monoisotopic (exact) mass is 157 g/mol. The fourth-order valence-electron chi connectivity index (χ4n) is 0.799. The molecule has 4 heteroatoms. The summed E-state index contributed by atoms with van der Waals surface area (Å²) >= 11 is 1.58. The SMILES string of the molecule is CCN(CC)c1nncs1. The summed E-state index contributed by atoms with van der Waals surface area (Å²) in [5, 5.41) is 8.74. The van der Waals surface area contributed by atoms with Crippen LogP contribution in [0.1, 0.15) is 13.8 Å². The van der Waals surface area contributed by atoms with Gasteiger partial charge in [0.1, 0.15) is 5.51 Å². The van der Waals surface area contributed by atoms with E-state index in [0.29, 0.717) is 0 Å². The van der Waals surface area contributed by atoms with E-state index in [2.05, 4.69) is 28.9 Å². The summed E-state index contributed by atoms with van der Waals surface area (Å²) < 4.78 is 0. The Kier molecular flexibility index (Phi) is 2.62. The molecule has 10 heavy (non-hydrogen) atoms. The molecule has 0 saturated carbocycles. The Bertz CT molecular complexity index is 169. The fraction of sp³-hybridized carbons (Fsp3) is 0.667.